The number of nitrogens with one attached hydrogen (secondary N) is 1. The molecule has 1 aromatic heterocycles. The van der Waals surface area contributed by atoms with E-state index in [1.54, 1.807) is 0 Å². The summed E-state index contributed by atoms with van der Waals surface area (Å²) < 4.78 is 5.86. The van der Waals surface area contributed by atoms with Gasteiger partial charge in [0.2, 0.25) is 0 Å². The standard InChI is InChI=1S/C17H17NO/c1-2-18-12-16-9-10-17(19-16)15-8-7-13-5-3-4-6-14(13)11-15/h3-11,18H,2,12H2,1H3. The van der Waals surface area contributed by atoms with Crippen LogP contribution in [0.15, 0.2) is 59.0 Å². The molecule has 0 aliphatic rings. The Bertz CT molecular complexity index is 684. The SMILES string of the molecule is CCNCc1ccc(-c2ccc3ccccc3c2)o1. The van der Waals surface area contributed by atoms with E-state index in [1.165, 1.54) is 10.8 Å². The van der Waals surface area contributed by atoms with Crippen LogP contribution in [0.3, 0.4) is 0 Å². The van der Waals surface area contributed by atoms with E-state index in [0.29, 0.717) is 0 Å². The summed E-state index contributed by atoms with van der Waals surface area (Å²) in [6.07, 6.45) is 0. The van der Waals surface area contributed by atoms with Gasteiger partial charge in [0.05, 0.1) is 6.54 Å². The van der Waals surface area contributed by atoms with E-state index >= 15 is 0 Å². The summed E-state index contributed by atoms with van der Waals surface area (Å²) in [5, 5.41) is 5.76. The maximum atomic E-state index is 5.86. The molecular formula is C17H17NO. The fourth-order valence-electron chi connectivity index (χ4n) is 2.22. The zero-order valence-electron chi connectivity index (χ0n) is 11.0. The number of furan rings is 1. The van der Waals surface area contributed by atoms with Crippen molar-refractivity contribution in [3.05, 3.63) is 60.4 Å². The molecule has 2 nitrogen and oxygen atoms in total. The molecule has 0 unspecified atom stereocenters. The van der Waals surface area contributed by atoms with Gasteiger partial charge in [0.25, 0.3) is 0 Å². The van der Waals surface area contributed by atoms with Gasteiger partial charge >= 0.3 is 0 Å². The van der Waals surface area contributed by atoms with Crippen LogP contribution in [-0.2, 0) is 6.54 Å². The monoisotopic (exact) mass is 251 g/mol. The fourth-order valence-corrected chi connectivity index (χ4v) is 2.22. The average Bonchev–Trinajstić information content (AvgIpc) is 2.93. The van der Waals surface area contributed by atoms with Gasteiger partial charge in [0, 0.05) is 5.56 Å². The van der Waals surface area contributed by atoms with Gasteiger partial charge in [0.15, 0.2) is 0 Å². The van der Waals surface area contributed by atoms with Crippen LogP contribution < -0.4 is 5.32 Å². The van der Waals surface area contributed by atoms with Crippen LogP contribution in [0.25, 0.3) is 22.1 Å². The van der Waals surface area contributed by atoms with Crippen molar-refractivity contribution in [2.45, 2.75) is 13.5 Å². The van der Waals surface area contributed by atoms with Crippen LogP contribution in [0.5, 0.6) is 0 Å². The highest BCUT2D eigenvalue weighted by atomic mass is 16.3. The third-order valence-electron chi connectivity index (χ3n) is 3.24. The summed E-state index contributed by atoms with van der Waals surface area (Å²) in [6, 6.07) is 18.9. The molecule has 0 aliphatic carbocycles. The van der Waals surface area contributed by atoms with Crippen molar-refractivity contribution in [1.82, 2.24) is 5.32 Å². The van der Waals surface area contributed by atoms with Gasteiger partial charge in [-0.25, -0.2) is 0 Å². The molecule has 0 fully saturated rings. The van der Waals surface area contributed by atoms with E-state index in [0.717, 1.165) is 30.2 Å². The molecule has 0 saturated carbocycles. The molecule has 0 spiro atoms. The van der Waals surface area contributed by atoms with Crippen molar-refractivity contribution in [2.24, 2.45) is 0 Å². The molecular weight excluding hydrogens is 234 g/mol. The smallest absolute Gasteiger partial charge is 0.134 e. The Kier molecular flexibility index (Phi) is 3.34. The Labute approximate surface area is 113 Å². The lowest BCUT2D eigenvalue weighted by Gasteiger charge is -2.01. The van der Waals surface area contributed by atoms with Crippen molar-refractivity contribution in [1.29, 1.82) is 0 Å². The van der Waals surface area contributed by atoms with Crippen molar-refractivity contribution < 1.29 is 4.42 Å². The van der Waals surface area contributed by atoms with Gasteiger partial charge < -0.3 is 9.73 Å². The lowest BCUT2D eigenvalue weighted by Crippen LogP contribution is -2.10. The Hall–Kier alpha value is -2.06. The molecule has 1 N–H and O–H groups in total. The molecule has 0 bridgehead atoms. The molecule has 0 radical (unpaired) electrons. The van der Waals surface area contributed by atoms with E-state index in [1.807, 2.05) is 12.1 Å². The molecule has 2 aromatic carbocycles. The highest BCUT2D eigenvalue weighted by molar-refractivity contribution is 5.86. The Morgan fingerprint density at radius 1 is 0.947 bits per heavy atom. The minimum atomic E-state index is 0.782. The fraction of sp³-hybridized carbons (Fsp3) is 0.176. The Morgan fingerprint density at radius 3 is 2.63 bits per heavy atom. The van der Waals surface area contributed by atoms with Crippen molar-refractivity contribution >= 4 is 10.8 Å². The van der Waals surface area contributed by atoms with Crippen LogP contribution in [0, 0.1) is 0 Å². The maximum absolute atomic E-state index is 5.86. The normalized spacial score (nSPS) is 11.0. The number of hydrogen-bond acceptors (Lipinski definition) is 2. The largest absolute Gasteiger partial charge is 0.460 e. The van der Waals surface area contributed by atoms with Crippen LogP contribution in [0.1, 0.15) is 12.7 Å². The molecule has 0 amide bonds. The third-order valence-corrected chi connectivity index (χ3v) is 3.24. The van der Waals surface area contributed by atoms with Crippen molar-refractivity contribution in [3.63, 3.8) is 0 Å². The highest BCUT2D eigenvalue weighted by Gasteiger charge is 2.05. The van der Waals surface area contributed by atoms with Gasteiger partial charge in [-0.3, -0.25) is 0 Å². The van der Waals surface area contributed by atoms with Gasteiger partial charge in [0.1, 0.15) is 11.5 Å². The molecule has 1 heterocycles. The van der Waals surface area contributed by atoms with Crippen LogP contribution >= 0.6 is 0 Å². The Morgan fingerprint density at radius 2 is 1.79 bits per heavy atom. The summed E-state index contributed by atoms with van der Waals surface area (Å²) in [5.74, 6) is 1.91. The summed E-state index contributed by atoms with van der Waals surface area (Å²) in [6.45, 7) is 3.82. The predicted molar refractivity (Wildman–Crippen MR) is 79.0 cm³/mol. The maximum Gasteiger partial charge on any atom is 0.134 e. The molecule has 3 aromatic rings. The first kappa shape index (κ1) is 12.0. The zero-order chi connectivity index (χ0) is 13.1. The molecule has 19 heavy (non-hydrogen) atoms. The van der Waals surface area contributed by atoms with Crippen molar-refractivity contribution in [3.8, 4) is 11.3 Å². The predicted octanol–water partition coefficient (Wildman–Crippen LogP) is 4.21. The molecule has 96 valence electrons. The minimum absolute atomic E-state index is 0.782. The van der Waals surface area contributed by atoms with Gasteiger partial charge in [-0.2, -0.15) is 0 Å². The van der Waals surface area contributed by atoms with Crippen molar-refractivity contribution in [2.75, 3.05) is 6.54 Å². The Balaban J connectivity index is 1.92. The number of rotatable bonds is 4. The summed E-state index contributed by atoms with van der Waals surface area (Å²) in [7, 11) is 0. The van der Waals surface area contributed by atoms with E-state index in [-0.39, 0.29) is 0 Å². The first-order valence-electron chi connectivity index (χ1n) is 6.65. The molecule has 2 heteroatoms. The summed E-state index contributed by atoms with van der Waals surface area (Å²) in [4.78, 5) is 0. The summed E-state index contributed by atoms with van der Waals surface area (Å²) in [5.41, 5.74) is 1.13. The average molecular weight is 251 g/mol. The van der Waals surface area contributed by atoms with E-state index in [4.69, 9.17) is 4.42 Å². The summed E-state index contributed by atoms with van der Waals surface area (Å²) >= 11 is 0. The molecule has 0 atom stereocenters. The van der Waals surface area contributed by atoms with Crippen LogP contribution in [-0.4, -0.2) is 6.54 Å². The molecule has 0 aliphatic heterocycles. The number of fused-ring (bicyclic) bond motifs is 1. The second kappa shape index (κ2) is 5.29. The number of benzene rings is 2. The third kappa shape index (κ3) is 2.54. The van der Waals surface area contributed by atoms with Gasteiger partial charge in [-0.15, -0.1) is 0 Å². The quantitative estimate of drug-likeness (QED) is 0.751. The number of hydrogen-bond donors (Lipinski definition) is 1. The molecule has 0 saturated heterocycles. The zero-order valence-corrected chi connectivity index (χ0v) is 11.0. The van der Waals surface area contributed by atoms with E-state index in [9.17, 15) is 0 Å². The second-order valence-corrected chi connectivity index (χ2v) is 4.61. The first-order valence-corrected chi connectivity index (χ1v) is 6.65. The second-order valence-electron chi connectivity index (χ2n) is 4.61. The van der Waals surface area contributed by atoms with Gasteiger partial charge in [-0.1, -0.05) is 43.3 Å². The molecule has 3 rings (SSSR count). The lowest BCUT2D eigenvalue weighted by atomic mass is 10.1. The lowest BCUT2D eigenvalue weighted by molar-refractivity contribution is 0.498. The van der Waals surface area contributed by atoms with Gasteiger partial charge in [-0.05, 0) is 35.5 Å². The highest BCUT2D eigenvalue weighted by Crippen LogP contribution is 2.26. The first-order chi connectivity index (χ1) is 9.36. The minimum Gasteiger partial charge on any atom is -0.460 e. The van der Waals surface area contributed by atoms with Crippen LogP contribution in [0.2, 0.25) is 0 Å². The van der Waals surface area contributed by atoms with Crippen LogP contribution in [0.4, 0.5) is 0 Å². The van der Waals surface area contributed by atoms with E-state index < -0.39 is 0 Å². The topological polar surface area (TPSA) is 25.2 Å². The van der Waals surface area contributed by atoms with E-state index in [2.05, 4.69) is 54.7 Å².